The van der Waals surface area contributed by atoms with Crippen LogP contribution in [0.2, 0.25) is 0 Å². The summed E-state index contributed by atoms with van der Waals surface area (Å²) in [4.78, 5) is 26.0. The first-order chi connectivity index (χ1) is 12.2. The molecule has 8 nitrogen and oxygen atoms in total. The van der Waals surface area contributed by atoms with E-state index < -0.39 is 5.97 Å². The standard InChI is InChI=1S/C16H19BN2O6/c17-25-16(21)11-1-2-14(24-12-9-23-10-12)13(7-11)18-15(20)8-19-3-5-22-6-4-19/h1-2,7,12H,3-6,8-10H2,(H,18,20). The fourth-order valence-corrected chi connectivity index (χ4v) is 2.54. The molecule has 25 heavy (non-hydrogen) atoms. The van der Waals surface area contributed by atoms with E-state index in [0.717, 1.165) is 0 Å². The molecule has 2 fully saturated rings. The molecule has 1 aromatic carbocycles. The van der Waals surface area contributed by atoms with Crippen molar-refractivity contribution in [3.05, 3.63) is 23.8 Å². The highest BCUT2D eigenvalue weighted by Crippen LogP contribution is 2.28. The number of morpholine rings is 1. The number of anilines is 1. The summed E-state index contributed by atoms with van der Waals surface area (Å²) in [5.74, 6) is -0.422. The van der Waals surface area contributed by atoms with Crippen molar-refractivity contribution < 1.29 is 28.5 Å². The Labute approximate surface area is 146 Å². The Morgan fingerprint density at radius 3 is 2.64 bits per heavy atom. The van der Waals surface area contributed by atoms with Gasteiger partial charge in [-0.3, -0.25) is 9.69 Å². The molecule has 0 atom stereocenters. The average molecular weight is 346 g/mol. The highest BCUT2D eigenvalue weighted by atomic mass is 16.6. The van der Waals surface area contributed by atoms with Gasteiger partial charge in [-0.1, -0.05) is 0 Å². The van der Waals surface area contributed by atoms with Gasteiger partial charge in [-0.25, -0.2) is 4.79 Å². The van der Waals surface area contributed by atoms with Crippen LogP contribution in [0.4, 0.5) is 5.69 Å². The fourth-order valence-electron chi connectivity index (χ4n) is 2.54. The summed E-state index contributed by atoms with van der Waals surface area (Å²) in [7, 11) is 4.93. The fraction of sp³-hybridized carbons (Fsp3) is 0.500. The Morgan fingerprint density at radius 1 is 1.24 bits per heavy atom. The maximum atomic E-state index is 12.3. The smallest absolute Gasteiger partial charge is 0.378 e. The van der Waals surface area contributed by atoms with Crippen LogP contribution >= 0.6 is 0 Å². The Kier molecular flexibility index (Phi) is 5.90. The van der Waals surface area contributed by atoms with Crippen LogP contribution in [0.3, 0.4) is 0 Å². The lowest BCUT2D eigenvalue weighted by Gasteiger charge is -2.28. The van der Waals surface area contributed by atoms with Crippen molar-refractivity contribution in [1.29, 1.82) is 0 Å². The zero-order valence-corrected chi connectivity index (χ0v) is 13.7. The lowest BCUT2D eigenvalue weighted by Crippen LogP contribution is -2.41. The minimum absolute atomic E-state index is 0.0674. The van der Waals surface area contributed by atoms with Gasteiger partial charge in [0.1, 0.15) is 11.9 Å². The van der Waals surface area contributed by atoms with Crippen LogP contribution in [-0.4, -0.2) is 77.0 Å². The van der Waals surface area contributed by atoms with Gasteiger partial charge in [-0.2, -0.15) is 0 Å². The summed E-state index contributed by atoms with van der Waals surface area (Å²) in [5.41, 5.74) is 0.620. The molecule has 1 amide bonds. The monoisotopic (exact) mass is 346 g/mol. The molecule has 3 rings (SSSR count). The van der Waals surface area contributed by atoms with E-state index in [4.69, 9.17) is 22.3 Å². The second-order valence-electron chi connectivity index (χ2n) is 5.83. The zero-order chi connectivity index (χ0) is 17.6. The molecule has 0 saturated carbocycles. The van der Waals surface area contributed by atoms with E-state index in [0.29, 0.717) is 51.0 Å². The molecule has 2 heterocycles. The zero-order valence-electron chi connectivity index (χ0n) is 13.7. The summed E-state index contributed by atoms with van der Waals surface area (Å²) < 4.78 is 20.4. The minimum Gasteiger partial charge on any atom is -0.540 e. The molecule has 2 aliphatic heterocycles. The number of rotatable bonds is 6. The van der Waals surface area contributed by atoms with Crippen molar-refractivity contribution in [3.63, 3.8) is 0 Å². The molecule has 0 unspecified atom stereocenters. The topological polar surface area (TPSA) is 86.3 Å². The van der Waals surface area contributed by atoms with E-state index in [9.17, 15) is 9.59 Å². The Hall–Kier alpha value is -2.10. The Balaban J connectivity index is 1.70. The number of ether oxygens (including phenoxy) is 3. The normalized spacial score (nSPS) is 18.2. The second-order valence-corrected chi connectivity index (χ2v) is 5.83. The summed E-state index contributed by atoms with van der Waals surface area (Å²) in [6.45, 7) is 3.86. The summed E-state index contributed by atoms with van der Waals surface area (Å²) >= 11 is 0. The predicted octanol–water partition coefficient (Wildman–Crippen LogP) is -0.0248. The predicted molar refractivity (Wildman–Crippen MR) is 88.7 cm³/mol. The van der Waals surface area contributed by atoms with Gasteiger partial charge in [0.2, 0.25) is 5.91 Å². The minimum atomic E-state index is -0.692. The maximum Gasteiger partial charge on any atom is 0.378 e. The summed E-state index contributed by atoms with van der Waals surface area (Å²) in [6.07, 6.45) is -0.0674. The molecule has 0 aliphatic carbocycles. The number of nitrogens with one attached hydrogen (secondary N) is 1. The molecule has 2 radical (unpaired) electrons. The van der Waals surface area contributed by atoms with E-state index >= 15 is 0 Å². The van der Waals surface area contributed by atoms with Crippen molar-refractivity contribution in [2.45, 2.75) is 6.10 Å². The van der Waals surface area contributed by atoms with Crippen LogP contribution in [-0.2, 0) is 18.9 Å². The molecule has 0 bridgehead atoms. The maximum absolute atomic E-state index is 12.3. The Bertz CT molecular complexity index is 631. The molecular weight excluding hydrogens is 327 g/mol. The molecule has 0 aromatic heterocycles. The van der Waals surface area contributed by atoms with Crippen LogP contribution < -0.4 is 10.1 Å². The molecule has 0 spiro atoms. The van der Waals surface area contributed by atoms with Crippen LogP contribution in [0, 0.1) is 0 Å². The van der Waals surface area contributed by atoms with Gasteiger partial charge in [0.15, 0.2) is 0 Å². The second kappa shape index (κ2) is 8.33. The third-order valence-corrected chi connectivity index (χ3v) is 3.97. The van der Waals surface area contributed by atoms with Crippen molar-refractivity contribution in [3.8, 4) is 5.75 Å². The van der Waals surface area contributed by atoms with Gasteiger partial charge < -0.3 is 24.2 Å². The molecular formula is C16H19BN2O6. The molecule has 132 valence electrons. The molecule has 1 N–H and O–H groups in total. The van der Waals surface area contributed by atoms with Crippen molar-refractivity contribution in [1.82, 2.24) is 4.90 Å². The SMILES string of the molecule is [B]OC(=O)c1ccc(OC2COC2)c(NC(=O)CN2CCOCC2)c1. The number of carbonyl (C=O) groups excluding carboxylic acids is 2. The van der Waals surface area contributed by atoms with Crippen LogP contribution in [0.5, 0.6) is 5.75 Å². The highest BCUT2D eigenvalue weighted by Gasteiger charge is 2.23. The molecule has 2 saturated heterocycles. The van der Waals surface area contributed by atoms with Crippen molar-refractivity contribution in [2.24, 2.45) is 0 Å². The summed E-state index contributed by atoms with van der Waals surface area (Å²) in [6, 6.07) is 4.62. The van der Waals surface area contributed by atoms with E-state index in [1.54, 1.807) is 6.07 Å². The number of benzene rings is 1. The van der Waals surface area contributed by atoms with E-state index in [1.165, 1.54) is 12.1 Å². The molecule has 1 aromatic rings. The number of hydrogen-bond donors (Lipinski definition) is 1. The van der Waals surface area contributed by atoms with Crippen molar-refractivity contribution >= 4 is 25.6 Å². The first-order valence-electron chi connectivity index (χ1n) is 8.05. The first kappa shape index (κ1) is 17.7. The number of hydrogen-bond acceptors (Lipinski definition) is 7. The number of nitrogens with zero attached hydrogens (tertiary/aromatic N) is 1. The third kappa shape index (κ3) is 4.71. The van der Waals surface area contributed by atoms with Crippen LogP contribution in [0.15, 0.2) is 18.2 Å². The van der Waals surface area contributed by atoms with Crippen molar-refractivity contribution in [2.75, 3.05) is 51.4 Å². The van der Waals surface area contributed by atoms with Gasteiger partial charge in [0.05, 0.1) is 44.2 Å². The molecule has 9 heteroatoms. The van der Waals surface area contributed by atoms with Gasteiger partial charge in [0, 0.05) is 13.1 Å². The number of amides is 1. The lowest BCUT2D eigenvalue weighted by atomic mass is 10.1. The average Bonchev–Trinajstić information content (AvgIpc) is 2.59. The van der Waals surface area contributed by atoms with E-state index in [2.05, 4.69) is 9.97 Å². The lowest BCUT2D eigenvalue weighted by molar-refractivity contribution is -0.118. The first-order valence-corrected chi connectivity index (χ1v) is 8.05. The third-order valence-electron chi connectivity index (χ3n) is 3.97. The largest absolute Gasteiger partial charge is 0.540 e. The number of carbonyl (C=O) groups is 2. The van der Waals surface area contributed by atoms with E-state index in [1.807, 2.05) is 4.90 Å². The van der Waals surface area contributed by atoms with Crippen LogP contribution in [0.25, 0.3) is 0 Å². The van der Waals surface area contributed by atoms with E-state index in [-0.39, 0.29) is 24.1 Å². The molecule has 2 aliphatic rings. The quantitative estimate of drug-likeness (QED) is 0.724. The summed E-state index contributed by atoms with van der Waals surface area (Å²) in [5, 5.41) is 2.79. The van der Waals surface area contributed by atoms with Gasteiger partial charge in [-0.15, -0.1) is 0 Å². The Morgan fingerprint density at radius 2 is 2.00 bits per heavy atom. The highest BCUT2D eigenvalue weighted by molar-refractivity contribution is 6.10. The van der Waals surface area contributed by atoms with Gasteiger partial charge >= 0.3 is 14.0 Å². The van der Waals surface area contributed by atoms with Gasteiger partial charge in [-0.05, 0) is 18.2 Å². The van der Waals surface area contributed by atoms with Crippen LogP contribution in [0.1, 0.15) is 10.4 Å². The van der Waals surface area contributed by atoms with Gasteiger partial charge in [0.25, 0.3) is 0 Å².